The average molecular weight is 221 g/mol. The van der Waals surface area contributed by atoms with Crippen LogP contribution in [-0.2, 0) is 6.42 Å². The van der Waals surface area contributed by atoms with Crippen molar-refractivity contribution in [2.24, 2.45) is 0 Å². The SMILES string of the molecule is C=Cc1cc(O)c(CCCCC)nc1OC. The summed E-state index contributed by atoms with van der Waals surface area (Å²) in [6.07, 6.45) is 5.75. The van der Waals surface area contributed by atoms with Crippen molar-refractivity contribution in [1.82, 2.24) is 4.98 Å². The van der Waals surface area contributed by atoms with Gasteiger partial charge in [-0.25, -0.2) is 4.98 Å². The van der Waals surface area contributed by atoms with E-state index in [4.69, 9.17) is 4.74 Å². The molecule has 0 saturated carbocycles. The zero-order valence-electron chi connectivity index (χ0n) is 9.99. The molecule has 0 radical (unpaired) electrons. The van der Waals surface area contributed by atoms with Crippen LogP contribution in [-0.4, -0.2) is 17.2 Å². The Morgan fingerprint density at radius 3 is 2.81 bits per heavy atom. The van der Waals surface area contributed by atoms with E-state index in [0.29, 0.717) is 11.6 Å². The molecule has 0 spiro atoms. The molecule has 0 unspecified atom stereocenters. The van der Waals surface area contributed by atoms with Gasteiger partial charge in [0.25, 0.3) is 0 Å². The molecule has 0 bridgehead atoms. The second-order valence-corrected chi connectivity index (χ2v) is 3.71. The number of ether oxygens (including phenoxy) is 1. The maximum absolute atomic E-state index is 9.78. The van der Waals surface area contributed by atoms with Gasteiger partial charge in [0.15, 0.2) is 0 Å². The van der Waals surface area contributed by atoms with Gasteiger partial charge in [-0.1, -0.05) is 32.4 Å². The summed E-state index contributed by atoms with van der Waals surface area (Å²) >= 11 is 0. The summed E-state index contributed by atoms with van der Waals surface area (Å²) in [5, 5.41) is 9.78. The van der Waals surface area contributed by atoms with E-state index in [2.05, 4.69) is 18.5 Å². The fraction of sp³-hybridized carbons (Fsp3) is 0.462. The molecule has 16 heavy (non-hydrogen) atoms. The van der Waals surface area contributed by atoms with Crippen molar-refractivity contribution in [3.05, 3.63) is 23.9 Å². The summed E-state index contributed by atoms with van der Waals surface area (Å²) in [7, 11) is 1.57. The van der Waals surface area contributed by atoms with Crippen LogP contribution < -0.4 is 4.74 Å². The lowest BCUT2D eigenvalue weighted by atomic mass is 10.1. The summed E-state index contributed by atoms with van der Waals surface area (Å²) in [6, 6.07) is 1.65. The Labute approximate surface area is 96.8 Å². The first-order valence-corrected chi connectivity index (χ1v) is 5.62. The maximum Gasteiger partial charge on any atom is 0.220 e. The molecule has 0 amide bonds. The van der Waals surface area contributed by atoms with E-state index < -0.39 is 0 Å². The summed E-state index contributed by atoms with van der Waals surface area (Å²) in [5.41, 5.74) is 1.43. The third-order valence-corrected chi connectivity index (χ3v) is 2.50. The smallest absolute Gasteiger partial charge is 0.220 e. The summed E-state index contributed by atoms with van der Waals surface area (Å²) in [6.45, 7) is 5.80. The molecule has 1 aromatic rings. The Bertz CT molecular complexity index is 361. The lowest BCUT2D eigenvalue weighted by Gasteiger charge is -2.09. The summed E-state index contributed by atoms with van der Waals surface area (Å²) in [5.74, 6) is 0.756. The second-order valence-electron chi connectivity index (χ2n) is 3.71. The van der Waals surface area contributed by atoms with E-state index in [0.717, 1.165) is 31.2 Å². The molecule has 3 heteroatoms. The van der Waals surface area contributed by atoms with Gasteiger partial charge in [-0.2, -0.15) is 0 Å². The number of aromatic hydroxyl groups is 1. The average Bonchev–Trinajstić information content (AvgIpc) is 2.31. The Morgan fingerprint density at radius 1 is 1.50 bits per heavy atom. The molecule has 0 aliphatic heterocycles. The van der Waals surface area contributed by atoms with Crippen LogP contribution in [0.5, 0.6) is 11.6 Å². The molecule has 1 rings (SSSR count). The molecule has 0 aliphatic rings. The Balaban J connectivity index is 2.88. The first kappa shape index (κ1) is 12.6. The molecule has 0 aliphatic carbocycles. The van der Waals surface area contributed by atoms with E-state index in [-0.39, 0.29) is 5.75 Å². The number of unbranched alkanes of at least 4 members (excludes halogenated alkanes) is 2. The van der Waals surface area contributed by atoms with Gasteiger partial charge in [0.05, 0.1) is 12.8 Å². The highest BCUT2D eigenvalue weighted by molar-refractivity contribution is 5.56. The number of aryl methyl sites for hydroxylation is 1. The summed E-state index contributed by atoms with van der Waals surface area (Å²) < 4.78 is 5.14. The maximum atomic E-state index is 9.78. The van der Waals surface area contributed by atoms with Crippen molar-refractivity contribution in [2.45, 2.75) is 32.6 Å². The standard InChI is InChI=1S/C13H19NO2/c1-4-6-7-8-11-12(15)9-10(5-2)13(14-11)16-3/h5,9,15H,2,4,6-8H2,1,3H3. The van der Waals surface area contributed by atoms with E-state index >= 15 is 0 Å². The van der Waals surface area contributed by atoms with Crippen LogP contribution in [0, 0.1) is 0 Å². The quantitative estimate of drug-likeness (QED) is 0.750. The number of hydrogen-bond acceptors (Lipinski definition) is 3. The van der Waals surface area contributed by atoms with Crippen molar-refractivity contribution < 1.29 is 9.84 Å². The minimum absolute atomic E-state index is 0.229. The normalized spacial score (nSPS) is 10.1. The summed E-state index contributed by atoms with van der Waals surface area (Å²) in [4.78, 5) is 4.29. The molecule has 1 N–H and O–H groups in total. The number of rotatable bonds is 6. The Kier molecular flexibility index (Phi) is 4.83. The van der Waals surface area contributed by atoms with Crippen LogP contribution in [0.4, 0.5) is 0 Å². The molecule has 0 atom stereocenters. The first-order chi connectivity index (χ1) is 7.72. The van der Waals surface area contributed by atoms with Crippen molar-refractivity contribution in [3.8, 4) is 11.6 Å². The number of hydrogen-bond donors (Lipinski definition) is 1. The molecule has 0 saturated heterocycles. The highest BCUT2D eigenvalue weighted by Gasteiger charge is 2.09. The number of methoxy groups -OCH3 is 1. The van der Waals surface area contributed by atoms with E-state index in [1.165, 1.54) is 0 Å². The monoisotopic (exact) mass is 221 g/mol. The van der Waals surface area contributed by atoms with Crippen LogP contribution in [0.2, 0.25) is 0 Å². The first-order valence-electron chi connectivity index (χ1n) is 5.62. The zero-order chi connectivity index (χ0) is 12.0. The zero-order valence-corrected chi connectivity index (χ0v) is 9.99. The van der Waals surface area contributed by atoms with Gasteiger partial charge in [0.2, 0.25) is 5.88 Å². The van der Waals surface area contributed by atoms with Crippen LogP contribution in [0.1, 0.15) is 37.4 Å². The fourth-order valence-corrected chi connectivity index (χ4v) is 1.57. The molecule has 1 heterocycles. The highest BCUT2D eigenvalue weighted by atomic mass is 16.5. The van der Waals surface area contributed by atoms with Crippen LogP contribution in [0.15, 0.2) is 12.6 Å². The van der Waals surface area contributed by atoms with Gasteiger partial charge >= 0.3 is 0 Å². The van der Waals surface area contributed by atoms with Gasteiger partial charge < -0.3 is 9.84 Å². The van der Waals surface area contributed by atoms with Gasteiger partial charge in [0.1, 0.15) is 5.75 Å². The molecule has 0 aromatic carbocycles. The van der Waals surface area contributed by atoms with Crippen molar-refractivity contribution in [2.75, 3.05) is 7.11 Å². The molecule has 0 fully saturated rings. The molecule has 1 aromatic heterocycles. The van der Waals surface area contributed by atoms with Gasteiger partial charge in [-0.15, -0.1) is 0 Å². The molecule has 3 nitrogen and oxygen atoms in total. The van der Waals surface area contributed by atoms with Crippen LogP contribution >= 0.6 is 0 Å². The number of aromatic nitrogens is 1. The minimum atomic E-state index is 0.229. The highest BCUT2D eigenvalue weighted by Crippen LogP contribution is 2.26. The minimum Gasteiger partial charge on any atom is -0.506 e. The van der Waals surface area contributed by atoms with Crippen LogP contribution in [0.3, 0.4) is 0 Å². The van der Waals surface area contributed by atoms with Gasteiger partial charge in [-0.3, -0.25) is 0 Å². The largest absolute Gasteiger partial charge is 0.506 e. The van der Waals surface area contributed by atoms with Crippen molar-refractivity contribution >= 4 is 6.08 Å². The number of pyridine rings is 1. The molecular weight excluding hydrogens is 202 g/mol. The predicted octanol–water partition coefficient (Wildman–Crippen LogP) is 3.17. The lowest BCUT2D eigenvalue weighted by molar-refractivity contribution is 0.389. The van der Waals surface area contributed by atoms with Crippen molar-refractivity contribution in [3.63, 3.8) is 0 Å². The van der Waals surface area contributed by atoms with E-state index in [1.54, 1.807) is 19.3 Å². The predicted molar refractivity (Wildman–Crippen MR) is 65.8 cm³/mol. The van der Waals surface area contributed by atoms with Gasteiger partial charge in [0, 0.05) is 5.56 Å². The van der Waals surface area contributed by atoms with Gasteiger partial charge in [-0.05, 0) is 18.9 Å². The van der Waals surface area contributed by atoms with Crippen LogP contribution in [0.25, 0.3) is 6.08 Å². The Morgan fingerprint density at radius 2 is 2.25 bits per heavy atom. The lowest BCUT2D eigenvalue weighted by Crippen LogP contribution is -1.97. The van der Waals surface area contributed by atoms with E-state index in [9.17, 15) is 5.11 Å². The molecule has 88 valence electrons. The third kappa shape index (κ3) is 2.99. The van der Waals surface area contributed by atoms with E-state index in [1.807, 2.05) is 0 Å². The van der Waals surface area contributed by atoms with Crippen molar-refractivity contribution in [1.29, 1.82) is 0 Å². The third-order valence-electron chi connectivity index (χ3n) is 2.50. The fourth-order valence-electron chi connectivity index (χ4n) is 1.57. The molecular formula is C13H19NO2. The Hall–Kier alpha value is -1.51. The number of nitrogens with zero attached hydrogens (tertiary/aromatic N) is 1. The second kappa shape index (κ2) is 6.16. The topological polar surface area (TPSA) is 42.4 Å².